The Morgan fingerprint density at radius 2 is 1.69 bits per heavy atom. The highest BCUT2D eigenvalue weighted by molar-refractivity contribution is 5.77. The molecule has 4 heteroatoms. The third-order valence-electron chi connectivity index (χ3n) is 5.58. The van der Waals surface area contributed by atoms with E-state index in [9.17, 15) is 4.79 Å². The Kier molecular flexibility index (Phi) is 5.94. The van der Waals surface area contributed by atoms with Gasteiger partial charge in [0.1, 0.15) is 0 Å². The Hall–Kier alpha value is -2.33. The monoisotopic (exact) mass is 352 g/mol. The number of aryl methyl sites for hydroxylation is 1. The predicted molar refractivity (Wildman–Crippen MR) is 107 cm³/mol. The molecular weight excluding hydrogens is 322 g/mol. The molecule has 1 heterocycles. The SMILES string of the molecule is Cc1ccccc1N1CC[NH+](CC(=O)N(C)[C@H](C)c2ccccc2)CC1. The zero-order chi connectivity index (χ0) is 18.5. The van der Waals surface area contributed by atoms with Gasteiger partial charge in [0.2, 0.25) is 0 Å². The molecule has 1 amide bonds. The molecule has 0 unspecified atom stereocenters. The summed E-state index contributed by atoms with van der Waals surface area (Å²) >= 11 is 0. The molecule has 0 spiro atoms. The maximum atomic E-state index is 12.7. The van der Waals surface area contributed by atoms with Crippen LogP contribution in [-0.2, 0) is 4.79 Å². The van der Waals surface area contributed by atoms with Crippen LogP contribution < -0.4 is 9.80 Å². The number of nitrogens with zero attached hydrogens (tertiary/aromatic N) is 2. The van der Waals surface area contributed by atoms with Crippen molar-refractivity contribution in [3.63, 3.8) is 0 Å². The number of anilines is 1. The van der Waals surface area contributed by atoms with Crippen LogP contribution in [-0.4, -0.2) is 50.6 Å². The van der Waals surface area contributed by atoms with E-state index in [1.54, 1.807) is 0 Å². The summed E-state index contributed by atoms with van der Waals surface area (Å²) in [5.41, 5.74) is 3.83. The standard InChI is InChI=1S/C22H29N3O/c1-18-9-7-8-12-21(18)25-15-13-24(14-16-25)17-22(26)23(3)19(2)20-10-5-4-6-11-20/h4-12,19H,13-17H2,1-3H3/p+1/t19-/m1/s1. The first-order valence-corrected chi connectivity index (χ1v) is 9.51. The third-order valence-corrected chi connectivity index (χ3v) is 5.58. The van der Waals surface area contributed by atoms with Crippen LogP contribution in [0.15, 0.2) is 54.6 Å². The summed E-state index contributed by atoms with van der Waals surface area (Å²) in [5.74, 6) is 0.223. The maximum absolute atomic E-state index is 12.7. The van der Waals surface area contributed by atoms with Gasteiger partial charge in [-0.3, -0.25) is 4.79 Å². The molecule has 0 bridgehead atoms. The Balaban J connectivity index is 1.52. The minimum absolute atomic E-state index is 0.108. The second-order valence-corrected chi connectivity index (χ2v) is 7.29. The van der Waals surface area contributed by atoms with Crippen molar-refractivity contribution in [3.8, 4) is 0 Å². The zero-order valence-electron chi connectivity index (χ0n) is 16.1. The molecule has 1 aliphatic heterocycles. The fourth-order valence-electron chi connectivity index (χ4n) is 3.67. The summed E-state index contributed by atoms with van der Waals surface area (Å²) in [4.78, 5) is 18.4. The molecule has 1 fully saturated rings. The van der Waals surface area contributed by atoms with Crippen LogP contribution in [0, 0.1) is 6.92 Å². The topological polar surface area (TPSA) is 28.0 Å². The van der Waals surface area contributed by atoms with E-state index in [1.165, 1.54) is 21.7 Å². The number of carbonyl (C=O) groups is 1. The van der Waals surface area contributed by atoms with Gasteiger partial charge in [-0.25, -0.2) is 0 Å². The van der Waals surface area contributed by atoms with Crippen LogP contribution in [0.2, 0.25) is 0 Å². The lowest BCUT2D eigenvalue weighted by Gasteiger charge is -2.35. The molecule has 1 atom stereocenters. The maximum Gasteiger partial charge on any atom is 0.278 e. The van der Waals surface area contributed by atoms with Crippen LogP contribution in [0.3, 0.4) is 0 Å². The van der Waals surface area contributed by atoms with Crippen molar-refractivity contribution in [2.45, 2.75) is 19.9 Å². The van der Waals surface area contributed by atoms with Crippen LogP contribution in [0.5, 0.6) is 0 Å². The first-order chi connectivity index (χ1) is 12.6. The van der Waals surface area contributed by atoms with Crippen LogP contribution in [0.25, 0.3) is 0 Å². The highest BCUT2D eigenvalue weighted by atomic mass is 16.2. The molecule has 0 radical (unpaired) electrons. The van der Waals surface area contributed by atoms with Crippen molar-refractivity contribution in [2.75, 3.05) is 44.7 Å². The van der Waals surface area contributed by atoms with Crippen LogP contribution in [0.1, 0.15) is 24.1 Å². The Bertz CT molecular complexity index is 723. The number of hydrogen-bond donors (Lipinski definition) is 1. The molecule has 0 saturated carbocycles. The van der Waals surface area contributed by atoms with Gasteiger partial charge in [0.15, 0.2) is 6.54 Å². The van der Waals surface area contributed by atoms with E-state index >= 15 is 0 Å². The predicted octanol–water partition coefficient (Wildman–Crippen LogP) is 1.92. The molecule has 26 heavy (non-hydrogen) atoms. The lowest BCUT2D eigenvalue weighted by Crippen LogP contribution is -3.15. The lowest BCUT2D eigenvalue weighted by atomic mass is 10.1. The first-order valence-electron chi connectivity index (χ1n) is 9.51. The van der Waals surface area contributed by atoms with Crippen molar-refractivity contribution in [1.29, 1.82) is 0 Å². The van der Waals surface area contributed by atoms with E-state index in [4.69, 9.17) is 0 Å². The van der Waals surface area contributed by atoms with Crippen LogP contribution >= 0.6 is 0 Å². The lowest BCUT2D eigenvalue weighted by molar-refractivity contribution is -0.892. The largest absolute Gasteiger partial charge is 0.360 e. The number of para-hydroxylation sites is 1. The number of benzene rings is 2. The van der Waals surface area contributed by atoms with Gasteiger partial charge in [-0.05, 0) is 31.0 Å². The van der Waals surface area contributed by atoms with Crippen molar-refractivity contribution >= 4 is 11.6 Å². The molecule has 0 aliphatic carbocycles. The average Bonchev–Trinajstić information content (AvgIpc) is 2.68. The number of carbonyl (C=O) groups excluding carboxylic acids is 1. The molecule has 2 aromatic carbocycles. The van der Waals surface area contributed by atoms with Gasteiger partial charge < -0.3 is 14.7 Å². The van der Waals surface area contributed by atoms with Crippen molar-refractivity contribution in [2.24, 2.45) is 0 Å². The van der Waals surface area contributed by atoms with Gasteiger partial charge in [0.05, 0.1) is 32.2 Å². The normalized spacial score (nSPS) is 16.3. The number of nitrogens with one attached hydrogen (secondary N) is 1. The van der Waals surface area contributed by atoms with E-state index in [1.807, 2.05) is 30.1 Å². The van der Waals surface area contributed by atoms with Gasteiger partial charge in [0, 0.05) is 12.7 Å². The van der Waals surface area contributed by atoms with Gasteiger partial charge in [-0.2, -0.15) is 0 Å². The van der Waals surface area contributed by atoms with Gasteiger partial charge in [-0.1, -0.05) is 48.5 Å². The smallest absolute Gasteiger partial charge is 0.278 e. The van der Waals surface area contributed by atoms with E-state index in [0.29, 0.717) is 6.54 Å². The summed E-state index contributed by atoms with van der Waals surface area (Å²) in [6.07, 6.45) is 0. The highest BCUT2D eigenvalue weighted by Crippen LogP contribution is 2.19. The summed E-state index contributed by atoms with van der Waals surface area (Å²) < 4.78 is 0. The van der Waals surface area contributed by atoms with E-state index in [-0.39, 0.29) is 11.9 Å². The summed E-state index contributed by atoms with van der Waals surface area (Å²) in [7, 11) is 1.92. The van der Waals surface area contributed by atoms with Crippen molar-refractivity contribution in [3.05, 3.63) is 65.7 Å². The molecule has 1 aliphatic rings. The number of piperazine rings is 1. The minimum Gasteiger partial charge on any atom is -0.360 e. The van der Waals surface area contributed by atoms with Gasteiger partial charge in [-0.15, -0.1) is 0 Å². The van der Waals surface area contributed by atoms with Gasteiger partial charge in [0.25, 0.3) is 5.91 Å². The molecular formula is C22H30N3O+. The summed E-state index contributed by atoms with van der Waals surface area (Å²) in [6, 6.07) is 18.9. The van der Waals surface area contributed by atoms with E-state index in [2.05, 4.69) is 55.1 Å². The Morgan fingerprint density at radius 1 is 1.08 bits per heavy atom. The fraction of sp³-hybridized carbons (Fsp3) is 0.409. The van der Waals surface area contributed by atoms with Gasteiger partial charge >= 0.3 is 0 Å². The molecule has 2 aromatic rings. The molecule has 1 N–H and O–H groups in total. The Morgan fingerprint density at radius 3 is 2.35 bits per heavy atom. The number of amides is 1. The third kappa shape index (κ3) is 4.25. The number of hydrogen-bond acceptors (Lipinski definition) is 2. The molecule has 0 aromatic heterocycles. The Labute approximate surface area is 157 Å². The highest BCUT2D eigenvalue weighted by Gasteiger charge is 2.26. The molecule has 4 nitrogen and oxygen atoms in total. The number of quaternary nitrogens is 1. The van der Waals surface area contributed by atoms with Crippen molar-refractivity contribution in [1.82, 2.24) is 4.90 Å². The first kappa shape index (κ1) is 18.5. The molecule has 1 saturated heterocycles. The quantitative estimate of drug-likeness (QED) is 0.890. The second-order valence-electron chi connectivity index (χ2n) is 7.29. The number of rotatable bonds is 5. The fourth-order valence-corrected chi connectivity index (χ4v) is 3.67. The molecule has 3 rings (SSSR count). The number of likely N-dealkylation sites (N-methyl/N-ethyl adjacent to an activating group) is 1. The zero-order valence-corrected chi connectivity index (χ0v) is 16.1. The van der Waals surface area contributed by atoms with Crippen molar-refractivity contribution < 1.29 is 9.69 Å². The average molecular weight is 353 g/mol. The minimum atomic E-state index is 0.108. The second kappa shape index (κ2) is 8.37. The van der Waals surface area contributed by atoms with E-state index in [0.717, 1.165) is 26.2 Å². The summed E-state index contributed by atoms with van der Waals surface area (Å²) in [5, 5.41) is 0. The summed E-state index contributed by atoms with van der Waals surface area (Å²) in [6.45, 7) is 8.87. The van der Waals surface area contributed by atoms with E-state index < -0.39 is 0 Å². The van der Waals surface area contributed by atoms with Crippen LogP contribution in [0.4, 0.5) is 5.69 Å². The molecule has 138 valence electrons.